The van der Waals surface area contributed by atoms with Gasteiger partial charge in [0.25, 0.3) is 0 Å². The monoisotopic (exact) mass is 485 g/mol. The van der Waals surface area contributed by atoms with Crippen LogP contribution < -0.4 is 15.4 Å². The fraction of sp³-hybridized carbons (Fsp3) is 0.417. The summed E-state index contributed by atoms with van der Waals surface area (Å²) in [5.41, 5.74) is 0.985. The molecule has 4 rings (SSSR count). The van der Waals surface area contributed by atoms with Gasteiger partial charge in [-0.1, -0.05) is 0 Å². The molecule has 0 saturated carbocycles. The Balaban J connectivity index is 1.44. The quantitative estimate of drug-likeness (QED) is 0.459. The Hall–Kier alpha value is -3.89. The number of aromatic nitrogens is 3. The van der Waals surface area contributed by atoms with Crippen molar-refractivity contribution in [3.05, 3.63) is 53.1 Å². The summed E-state index contributed by atoms with van der Waals surface area (Å²) in [5, 5.41) is 19.2. The van der Waals surface area contributed by atoms with Gasteiger partial charge >= 0.3 is 12.1 Å². The number of carbonyl (C=O) groups excluding carboxylic acids is 1. The van der Waals surface area contributed by atoms with Crippen LogP contribution in [0.4, 0.5) is 15.0 Å². The highest BCUT2D eigenvalue weighted by Crippen LogP contribution is 2.38. The van der Waals surface area contributed by atoms with Crippen LogP contribution in [0.2, 0.25) is 0 Å². The maximum absolute atomic E-state index is 14.4. The van der Waals surface area contributed by atoms with Crippen LogP contribution in [0.25, 0.3) is 5.65 Å². The third kappa shape index (κ3) is 5.61. The number of ether oxygens (including phenoxy) is 2. The Morgan fingerprint density at radius 3 is 2.86 bits per heavy atom. The predicted octanol–water partition coefficient (Wildman–Crippen LogP) is 3.96. The second-order valence-corrected chi connectivity index (χ2v) is 9.45. The number of hydrogen-bond acceptors (Lipinski definition) is 7. The van der Waals surface area contributed by atoms with Gasteiger partial charge < -0.3 is 25.2 Å². The standard InChI is InChI=1S/C24H28FN5O5/c1-13(28-19-6-8-30-21(29-19)18(12-27-30)22(31)32)17-11-15(25)9-14-10-16(34-20(14)17)5-7-26-23(33)35-24(2,3)4/h6,8-9,11-13,16H,5,7,10H2,1-4H3,(H,26,33)(H,28,29)(H,31,32)/t13-,16?/m1/s1. The van der Waals surface area contributed by atoms with Crippen LogP contribution >= 0.6 is 0 Å². The molecular weight excluding hydrogens is 457 g/mol. The van der Waals surface area contributed by atoms with E-state index in [9.17, 15) is 19.1 Å². The normalized spacial score (nSPS) is 15.9. The number of halogens is 1. The van der Waals surface area contributed by atoms with Crippen molar-refractivity contribution in [2.45, 2.75) is 58.3 Å². The minimum absolute atomic E-state index is 0.0147. The number of hydrogen-bond donors (Lipinski definition) is 3. The van der Waals surface area contributed by atoms with Crippen LogP contribution in [-0.2, 0) is 11.2 Å². The molecule has 3 heterocycles. The third-order valence-corrected chi connectivity index (χ3v) is 5.46. The lowest BCUT2D eigenvalue weighted by atomic mass is 10.0. The van der Waals surface area contributed by atoms with Gasteiger partial charge in [-0.2, -0.15) is 5.10 Å². The number of amides is 1. The molecule has 1 unspecified atom stereocenters. The number of nitrogens with zero attached hydrogens (tertiary/aromatic N) is 3. The van der Waals surface area contributed by atoms with Gasteiger partial charge in [-0.25, -0.2) is 23.5 Å². The number of fused-ring (bicyclic) bond motifs is 2. The van der Waals surface area contributed by atoms with Gasteiger partial charge in [0.2, 0.25) is 0 Å². The lowest BCUT2D eigenvalue weighted by Gasteiger charge is -2.20. The van der Waals surface area contributed by atoms with E-state index in [-0.39, 0.29) is 29.2 Å². The molecule has 10 nitrogen and oxygen atoms in total. The van der Waals surface area contributed by atoms with Crippen molar-refractivity contribution >= 4 is 23.5 Å². The van der Waals surface area contributed by atoms with E-state index >= 15 is 0 Å². The fourth-order valence-corrected chi connectivity index (χ4v) is 3.95. The highest BCUT2D eigenvalue weighted by molar-refractivity contribution is 5.94. The number of aromatic carboxylic acids is 1. The lowest BCUT2D eigenvalue weighted by molar-refractivity contribution is 0.0521. The van der Waals surface area contributed by atoms with E-state index in [2.05, 4.69) is 20.7 Å². The molecule has 1 aliphatic heterocycles. The average molecular weight is 486 g/mol. The summed E-state index contributed by atoms with van der Waals surface area (Å²) in [6.45, 7) is 7.59. The van der Waals surface area contributed by atoms with Crippen LogP contribution in [0.5, 0.6) is 5.75 Å². The first kappa shape index (κ1) is 24.2. The maximum atomic E-state index is 14.4. The molecule has 0 bridgehead atoms. The Kier molecular flexibility index (Phi) is 6.51. The SMILES string of the molecule is C[C@@H](Nc1ccn2ncc(C(=O)O)c2n1)c1cc(F)cc2c1OC(CCNC(=O)OC(C)(C)C)C2. The molecule has 0 fully saturated rings. The molecule has 0 radical (unpaired) electrons. The second-order valence-electron chi connectivity index (χ2n) is 9.45. The minimum atomic E-state index is -1.12. The first-order valence-corrected chi connectivity index (χ1v) is 11.3. The van der Waals surface area contributed by atoms with E-state index in [1.54, 1.807) is 33.0 Å². The van der Waals surface area contributed by atoms with Crippen LogP contribution in [0.15, 0.2) is 30.6 Å². The number of nitrogens with one attached hydrogen (secondary N) is 2. The third-order valence-electron chi connectivity index (χ3n) is 5.46. The topological polar surface area (TPSA) is 127 Å². The van der Waals surface area contributed by atoms with Crippen molar-refractivity contribution in [3.63, 3.8) is 0 Å². The molecule has 1 aromatic carbocycles. The molecular formula is C24H28FN5O5. The van der Waals surface area contributed by atoms with E-state index in [1.165, 1.54) is 22.8 Å². The van der Waals surface area contributed by atoms with E-state index in [0.717, 1.165) is 5.56 Å². The van der Waals surface area contributed by atoms with Crippen LogP contribution in [0.3, 0.4) is 0 Å². The zero-order valence-corrected chi connectivity index (χ0v) is 20.0. The predicted molar refractivity (Wildman–Crippen MR) is 125 cm³/mol. The molecule has 0 saturated heterocycles. The number of rotatable bonds is 7. The van der Waals surface area contributed by atoms with Crippen molar-refractivity contribution in [2.75, 3.05) is 11.9 Å². The highest BCUT2D eigenvalue weighted by Gasteiger charge is 2.28. The van der Waals surface area contributed by atoms with E-state index < -0.39 is 17.7 Å². The van der Waals surface area contributed by atoms with Crippen LogP contribution in [0.1, 0.15) is 61.6 Å². The van der Waals surface area contributed by atoms with E-state index in [1.807, 2.05) is 6.92 Å². The van der Waals surface area contributed by atoms with E-state index in [4.69, 9.17) is 9.47 Å². The smallest absolute Gasteiger partial charge is 0.407 e. The van der Waals surface area contributed by atoms with Crippen molar-refractivity contribution in [3.8, 4) is 5.75 Å². The number of carbonyl (C=O) groups is 2. The van der Waals surface area contributed by atoms with Gasteiger partial charge in [0.1, 0.15) is 34.7 Å². The Morgan fingerprint density at radius 1 is 1.37 bits per heavy atom. The molecule has 0 spiro atoms. The van der Waals surface area contributed by atoms with Crippen LogP contribution in [-0.4, -0.2) is 50.0 Å². The number of benzene rings is 1. The molecule has 0 aliphatic carbocycles. The number of carboxylic acids is 1. The Morgan fingerprint density at radius 2 is 2.14 bits per heavy atom. The van der Waals surface area contributed by atoms with Gasteiger partial charge in [0, 0.05) is 36.7 Å². The fourth-order valence-electron chi connectivity index (χ4n) is 3.95. The van der Waals surface area contributed by atoms with Crippen molar-refractivity contribution in [2.24, 2.45) is 0 Å². The molecule has 3 aromatic rings. The first-order chi connectivity index (χ1) is 16.5. The number of alkyl carbamates (subject to hydrolysis) is 1. The number of carboxylic acid groups (broad SMARTS) is 1. The number of anilines is 1. The zero-order chi connectivity index (χ0) is 25.3. The largest absolute Gasteiger partial charge is 0.489 e. The molecule has 186 valence electrons. The second kappa shape index (κ2) is 9.40. The average Bonchev–Trinajstić information content (AvgIpc) is 3.35. The summed E-state index contributed by atoms with van der Waals surface area (Å²) in [5.74, 6) is -0.482. The summed E-state index contributed by atoms with van der Waals surface area (Å²) in [7, 11) is 0. The van der Waals surface area contributed by atoms with Gasteiger partial charge in [-0.05, 0) is 45.9 Å². The summed E-state index contributed by atoms with van der Waals surface area (Å²) >= 11 is 0. The van der Waals surface area contributed by atoms with Crippen molar-refractivity contribution < 1.29 is 28.6 Å². The molecule has 3 N–H and O–H groups in total. The molecule has 35 heavy (non-hydrogen) atoms. The summed E-state index contributed by atoms with van der Waals surface area (Å²) < 4.78 is 27.2. The van der Waals surface area contributed by atoms with Gasteiger partial charge in [0.05, 0.1) is 12.2 Å². The molecule has 1 aliphatic rings. The van der Waals surface area contributed by atoms with E-state index in [0.29, 0.717) is 36.5 Å². The molecule has 1 amide bonds. The molecule has 11 heteroatoms. The van der Waals surface area contributed by atoms with Crippen molar-refractivity contribution in [1.82, 2.24) is 19.9 Å². The summed E-state index contributed by atoms with van der Waals surface area (Å²) in [6, 6.07) is 4.15. The zero-order valence-electron chi connectivity index (χ0n) is 20.0. The minimum Gasteiger partial charge on any atom is -0.489 e. The molecule has 2 aromatic heterocycles. The highest BCUT2D eigenvalue weighted by atomic mass is 19.1. The lowest BCUT2D eigenvalue weighted by Crippen LogP contribution is -2.34. The summed E-state index contributed by atoms with van der Waals surface area (Å²) in [6.07, 6.45) is 3.19. The first-order valence-electron chi connectivity index (χ1n) is 11.3. The van der Waals surface area contributed by atoms with Gasteiger partial charge in [-0.3, -0.25) is 0 Å². The van der Waals surface area contributed by atoms with Gasteiger partial charge in [0.15, 0.2) is 5.65 Å². The van der Waals surface area contributed by atoms with Crippen LogP contribution in [0, 0.1) is 5.82 Å². The maximum Gasteiger partial charge on any atom is 0.407 e. The van der Waals surface area contributed by atoms with Crippen molar-refractivity contribution in [1.29, 1.82) is 0 Å². The Labute approximate surface area is 201 Å². The molecule has 2 atom stereocenters. The summed E-state index contributed by atoms with van der Waals surface area (Å²) in [4.78, 5) is 27.6. The van der Waals surface area contributed by atoms with Gasteiger partial charge in [-0.15, -0.1) is 0 Å². The Bertz CT molecular complexity index is 1270.